The molecule has 2 aromatic heterocycles. The molecule has 0 atom stereocenters. The molecule has 0 N–H and O–H groups in total. The third-order valence-electron chi connectivity index (χ3n) is 5.05. The van der Waals surface area contributed by atoms with Gasteiger partial charge >= 0.3 is 0 Å². The zero-order valence-corrected chi connectivity index (χ0v) is 18.1. The molecule has 5 rings (SSSR count). The van der Waals surface area contributed by atoms with Gasteiger partial charge in [-0.05, 0) is 42.5 Å². The van der Waals surface area contributed by atoms with Crippen molar-refractivity contribution < 1.29 is 4.74 Å². The van der Waals surface area contributed by atoms with Crippen molar-refractivity contribution in [3.63, 3.8) is 0 Å². The second-order valence-electron chi connectivity index (χ2n) is 7.10. The smallest absolute Gasteiger partial charge is 0.135 e. The number of para-hydroxylation sites is 2. The second kappa shape index (κ2) is 8.50. The van der Waals surface area contributed by atoms with E-state index in [1.165, 1.54) is 11.3 Å². The molecule has 0 unspecified atom stereocenters. The van der Waals surface area contributed by atoms with E-state index in [-0.39, 0.29) is 0 Å². The highest BCUT2D eigenvalue weighted by Gasteiger charge is 2.15. The van der Waals surface area contributed by atoms with Crippen molar-refractivity contribution in [1.29, 1.82) is 5.26 Å². The zero-order valence-electron chi connectivity index (χ0n) is 17.3. The molecule has 0 fully saturated rings. The number of nitrogens with zero attached hydrogens (tertiary/aromatic N) is 4. The Bertz CT molecular complexity index is 1440. The first-order valence-corrected chi connectivity index (χ1v) is 10.8. The van der Waals surface area contributed by atoms with E-state index in [2.05, 4.69) is 11.1 Å². The van der Waals surface area contributed by atoms with Crippen molar-refractivity contribution in [2.24, 2.45) is 0 Å². The minimum absolute atomic E-state index is 0.503. The highest BCUT2D eigenvalue weighted by Crippen LogP contribution is 2.32. The molecule has 154 valence electrons. The summed E-state index contributed by atoms with van der Waals surface area (Å²) in [5.74, 6) is 0.748. The van der Waals surface area contributed by atoms with Gasteiger partial charge in [-0.1, -0.05) is 42.5 Å². The maximum Gasteiger partial charge on any atom is 0.135 e. The standard InChI is InChI=1S/C26H18N4OS/c1-31-22-11-7-8-18(15-22)25-20(17-30(29-25)21-9-3-2-4-10-21)14-19(16-27)26-28-23-12-5-6-13-24(23)32-26/h2-15,17H,1H3. The van der Waals surface area contributed by atoms with Crippen LogP contribution in [0.4, 0.5) is 0 Å². The van der Waals surface area contributed by atoms with Gasteiger partial charge in [0.1, 0.15) is 22.5 Å². The van der Waals surface area contributed by atoms with Crippen LogP contribution in [-0.2, 0) is 0 Å². The fraction of sp³-hybridized carbons (Fsp3) is 0.0385. The molecule has 0 aliphatic rings. The van der Waals surface area contributed by atoms with Crippen LogP contribution in [0.5, 0.6) is 5.75 Å². The van der Waals surface area contributed by atoms with E-state index in [1.807, 2.05) is 95.8 Å². The van der Waals surface area contributed by atoms with E-state index in [0.717, 1.165) is 38.5 Å². The number of hydrogen-bond acceptors (Lipinski definition) is 5. The van der Waals surface area contributed by atoms with Gasteiger partial charge in [-0.2, -0.15) is 10.4 Å². The van der Waals surface area contributed by atoms with Crippen molar-refractivity contribution in [1.82, 2.24) is 14.8 Å². The van der Waals surface area contributed by atoms with Gasteiger partial charge in [-0.3, -0.25) is 0 Å². The number of nitriles is 1. The monoisotopic (exact) mass is 434 g/mol. The van der Waals surface area contributed by atoms with Gasteiger partial charge < -0.3 is 4.74 Å². The van der Waals surface area contributed by atoms with Crippen molar-refractivity contribution in [3.05, 3.63) is 95.6 Å². The minimum atomic E-state index is 0.503. The maximum atomic E-state index is 9.93. The van der Waals surface area contributed by atoms with E-state index >= 15 is 0 Å². The quantitative estimate of drug-likeness (QED) is 0.308. The normalized spacial score (nSPS) is 11.4. The molecule has 0 aliphatic heterocycles. The Hall–Kier alpha value is -4.21. The summed E-state index contributed by atoms with van der Waals surface area (Å²) in [5.41, 5.74) is 4.84. The number of rotatable bonds is 5. The fourth-order valence-electron chi connectivity index (χ4n) is 3.49. The third kappa shape index (κ3) is 3.78. The molecule has 0 aliphatic carbocycles. The Morgan fingerprint density at radius 3 is 2.62 bits per heavy atom. The van der Waals surface area contributed by atoms with E-state index < -0.39 is 0 Å². The average molecular weight is 435 g/mol. The Labute approximate surface area is 189 Å². The average Bonchev–Trinajstić information content (AvgIpc) is 3.47. The molecule has 0 saturated heterocycles. The second-order valence-corrected chi connectivity index (χ2v) is 8.13. The van der Waals surface area contributed by atoms with Gasteiger partial charge in [0, 0.05) is 17.3 Å². The van der Waals surface area contributed by atoms with Crippen molar-refractivity contribution in [2.75, 3.05) is 7.11 Å². The lowest BCUT2D eigenvalue weighted by Crippen LogP contribution is -1.94. The maximum absolute atomic E-state index is 9.93. The molecule has 2 heterocycles. The van der Waals surface area contributed by atoms with Gasteiger partial charge in [-0.25, -0.2) is 9.67 Å². The number of fused-ring (bicyclic) bond motifs is 1. The largest absolute Gasteiger partial charge is 0.497 e. The van der Waals surface area contributed by atoms with E-state index in [9.17, 15) is 5.26 Å². The van der Waals surface area contributed by atoms with Crippen LogP contribution in [0.15, 0.2) is 85.1 Å². The number of benzene rings is 3. The van der Waals surface area contributed by atoms with Crippen LogP contribution in [0.1, 0.15) is 10.6 Å². The first-order valence-electron chi connectivity index (χ1n) is 10.0. The molecule has 0 radical (unpaired) electrons. The Balaban J connectivity index is 1.67. The lowest BCUT2D eigenvalue weighted by Gasteiger charge is -2.03. The molecule has 5 aromatic rings. The predicted molar refractivity (Wildman–Crippen MR) is 129 cm³/mol. The summed E-state index contributed by atoms with van der Waals surface area (Å²) < 4.78 is 8.28. The molecule has 0 saturated carbocycles. The first-order chi connectivity index (χ1) is 15.7. The summed E-state index contributed by atoms with van der Waals surface area (Å²) in [5, 5.41) is 15.5. The van der Waals surface area contributed by atoms with Gasteiger partial charge in [0.15, 0.2) is 0 Å². The van der Waals surface area contributed by atoms with Crippen LogP contribution < -0.4 is 4.74 Å². The highest BCUT2D eigenvalue weighted by molar-refractivity contribution is 7.19. The van der Waals surface area contributed by atoms with E-state index in [1.54, 1.807) is 7.11 Å². The summed E-state index contributed by atoms with van der Waals surface area (Å²) in [7, 11) is 1.64. The lowest BCUT2D eigenvalue weighted by atomic mass is 10.1. The van der Waals surface area contributed by atoms with Crippen molar-refractivity contribution in [2.45, 2.75) is 0 Å². The summed E-state index contributed by atoms with van der Waals surface area (Å²) in [6, 6.07) is 27.9. The van der Waals surface area contributed by atoms with Crippen LogP contribution in [0.25, 0.3) is 38.8 Å². The summed E-state index contributed by atoms with van der Waals surface area (Å²) in [4.78, 5) is 4.66. The fourth-order valence-corrected chi connectivity index (χ4v) is 4.42. The molecule has 0 amide bonds. The molecule has 0 spiro atoms. The number of thiazole rings is 1. The zero-order chi connectivity index (χ0) is 21.9. The molecular weight excluding hydrogens is 416 g/mol. The molecular formula is C26H18N4OS. The van der Waals surface area contributed by atoms with Crippen LogP contribution >= 0.6 is 11.3 Å². The van der Waals surface area contributed by atoms with E-state index in [0.29, 0.717) is 10.6 Å². The number of ether oxygens (including phenoxy) is 1. The van der Waals surface area contributed by atoms with Gasteiger partial charge in [0.05, 0.1) is 28.6 Å². The lowest BCUT2D eigenvalue weighted by molar-refractivity contribution is 0.415. The number of aromatic nitrogens is 3. The molecule has 6 heteroatoms. The summed E-state index contributed by atoms with van der Waals surface area (Å²) >= 11 is 1.51. The highest BCUT2D eigenvalue weighted by atomic mass is 32.1. The topological polar surface area (TPSA) is 63.7 Å². The summed E-state index contributed by atoms with van der Waals surface area (Å²) in [6.45, 7) is 0. The Morgan fingerprint density at radius 2 is 1.84 bits per heavy atom. The Kier molecular flexibility index (Phi) is 5.24. The van der Waals surface area contributed by atoms with Crippen LogP contribution in [0.2, 0.25) is 0 Å². The van der Waals surface area contributed by atoms with Crippen LogP contribution in [-0.4, -0.2) is 21.9 Å². The van der Waals surface area contributed by atoms with Crippen LogP contribution in [0.3, 0.4) is 0 Å². The molecule has 32 heavy (non-hydrogen) atoms. The van der Waals surface area contributed by atoms with Crippen LogP contribution in [0, 0.1) is 11.3 Å². The van der Waals surface area contributed by atoms with Crippen molar-refractivity contribution >= 4 is 33.2 Å². The summed E-state index contributed by atoms with van der Waals surface area (Å²) in [6.07, 6.45) is 3.80. The number of allylic oxidation sites excluding steroid dienone is 1. The van der Waals surface area contributed by atoms with Crippen molar-refractivity contribution in [3.8, 4) is 28.8 Å². The van der Waals surface area contributed by atoms with Gasteiger partial charge in [0.2, 0.25) is 0 Å². The SMILES string of the molecule is COc1cccc(-c2nn(-c3ccccc3)cc2C=C(C#N)c2nc3ccccc3s2)c1. The Morgan fingerprint density at radius 1 is 1.03 bits per heavy atom. The van der Waals surface area contributed by atoms with Gasteiger partial charge in [-0.15, -0.1) is 11.3 Å². The van der Waals surface area contributed by atoms with E-state index in [4.69, 9.17) is 9.84 Å². The predicted octanol–water partition coefficient (Wildman–Crippen LogP) is 6.22. The number of hydrogen-bond donors (Lipinski definition) is 0. The molecule has 3 aromatic carbocycles. The molecule has 5 nitrogen and oxygen atoms in total. The molecule has 0 bridgehead atoms. The third-order valence-corrected chi connectivity index (χ3v) is 6.12. The first kappa shape index (κ1) is 19.7. The minimum Gasteiger partial charge on any atom is -0.497 e. The van der Waals surface area contributed by atoms with Gasteiger partial charge in [0.25, 0.3) is 0 Å². The number of methoxy groups -OCH3 is 1.